The van der Waals surface area contributed by atoms with Crippen LogP contribution in [0.15, 0.2) is 41.4 Å². The molecule has 0 aromatic heterocycles. The van der Waals surface area contributed by atoms with E-state index in [-0.39, 0.29) is 5.91 Å². The number of ether oxygens (including phenoxy) is 1. The van der Waals surface area contributed by atoms with E-state index in [1.54, 1.807) is 7.11 Å². The molecule has 0 unspecified atom stereocenters. The summed E-state index contributed by atoms with van der Waals surface area (Å²) in [6, 6.07) is 8.67. The normalized spacial score (nSPS) is 17.5. The van der Waals surface area contributed by atoms with Crippen LogP contribution in [-0.2, 0) is 16.1 Å². The Morgan fingerprint density at radius 1 is 1.13 bits per heavy atom. The first kappa shape index (κ1) is 22.1. The molecule has 1 amide bonds. The summed E-state index contributed by atoms with van der Waals surface area (Å²) >= 11 is 0. The first-order valence-electron chi connectivity index (χ1n) is 10.6. The maximum atomic E-state index is 12.0. The Balaban J connectivity index is 1.43. The lowest BCUT2D eigenvalue weighted by atomic mass is 10.2. The zero-order valence-corrected chi connectivity index (χ0v) is 18.1. The third kappa shape index (κ3) is 6.47. The molecule has 0 atom stereocenters. The molecule has 1 aromatic rings. The van der Waals surface area contributed by atoms with Crippen molar-refractivity contribution in [2.24, 2.45) is 4.99 Å². The van der Waals surface area contributed by atoms with Crippen LogP contribution < -0.4 is 15.5 Å². The number of nitrogens with one attached hydrogen (secondary N) is 2. The Labute approximate surface area is 179 Å². The van der Waals surface area contributed by atoms with Crippen LogP contribution in [0.4, 0.5) is 5.69 Å². The lowest BCUT2D eigenvalue weighted by molar-refractivity contribution is -0.122. The van der Waals surface area contributed by atoms with Crippen LogP contribution in [0.2, 0.25) is 0 Å². The smallest absolute Gasteiger partial charge is 0.234 e. The number of nitrogens with zero attached hydrogens (tertiary/aromatic N) is 4. The number of piperazine rings is 1. The molecule has 164 valence electrons. The van der Waals surface area contributed by atoms with Crippen LogP contribution in [-0.4, -0.2) is 94.8 Å². The fraction of sp³-hybridized carbons (Fsp3) is 0.545. The van der Waals surface area contributed by atoms with Crippen molar-refractivity contribution in [2.45, 2.75) is 6.54 Å². The Hall–Kier alpha value is -2.58. The predicted octanol–water partition coefficient (Wildman–Crippen LogP) is 0.518. The number of carbonyl (C=O) groups is 1. The molecule has 2 aliphatic heterocycles. The summed E-state index contributed by atoms with van der Waals surface area (Å²) in [7, 11) is 3.46. The molecule has 0 bridgehead atoms. The summed E-state index contributed by atoms with van der Waals surface area (Å²) in [6.07, 6.45) is 4.41. The van der Waals surface area contributed by atoms with Gasteiger partial charge < -0.3 is 25.2 Å². The number of guanidine groups is 1. The van der Waals surface area contributed by atoms with Crippen molar-refractivity contribution in [3.8, 4) is 0 Å². The molecule has 30 heavy (non-hydrogen) atoms. The van der Waals surface area contributed by atoms with Crippen molar-refractivity contribution in [2.75, 3.05) is 78.0 Å². The van der Waals surface area contributed by atoms with Gasteiger partial charge in [0.05, 0.1) is 13.2 Å². The SMILES string of the molecule is CN=C(NCc1cccc(N2CC=CC2)c1)N1CCN(CC(=O)NCCOC)CC1. The summed E-state index contributed by atoms with van der Waals surface area (Å²) in [4.78, 5) is 23.2. The van der Waals surface area contributed by atoms with Crippen LogP contribution in [0.5, 0.6) is 0 Å². The number of methoxy groups -OCH3 is 1. The maximum Gasteiger partial charge on any atom is 0.234 e. The first-order valence-corrected chi connectivity index (χ1v) is 10.6. The van der Waals surface area contributed by atoms with Crippen molar-refractivity contribution in [3.63, 3.8) is 0 Å². The van der Waals surface area contributed by atoms with E-state index in [1.165, 1.54) is 11.3 Å². The number of rotatable bonds is 8. The molecule has 3 rings (SSSR count). The zero-order chi connectivity index (χ0) is 21.2. The molecule has 8 heteroatoms. The zero-order valence-electron chi connectivity index (χ0n) is 18.1. The number of anilines is 1. The third-order valence-corrected chi connectivity index (χ3v) is 5.42. The van der Waals surface area contributed by atoms with Gasteiger partial charge in [0.15, 0.2) is 5.96 Å². The summed E-state index contributed by atoms with van der Waals surface area (Å²) in [5.74, 6) is 0.962. The summed E-state index contributed by atoms with van der Waals surface area (Å²) < 4.78 is 4.96. The highest BCUT2D eigenvalue weighted by atomic mass is 16.5. The van der Waals surface area contributed by atoms with Gasteiger partial charge in [0.2, 0.25) is 5.91 Å². The van der Waals surface area contributed by atoms with E-state index in [0.29, 0.717) is 19.7 Å². The van der Waals surface area contributed by atoms with Gasteiger partial charge in [-0.1, -0.05) is 24.3 Å². The first-order chi connectivity index (χ1) is 14.7. The molecule has 1 saturated heterocycles. The van der Waals surface area contributed by atoms with Crippen molar-refractivity contribution in [1.29, 1.82) is 0 Å². The molecule has 2 aliphatic rings. The minimum atomic E-state index is 0.0519. The van der Waals surface area contributed by atoms with Gasteiger partial charge in [0.25, 0.3) is 0 Å². The van der Waals surface area contributed by atoms with Crippen molar-refractivity contribution in [3.05, 3.63) is 42.0 Å². The van der Waals surface area contributed by atoms with Crippen LogP contribution in [0.1, 0.15) is 5.56 Å². The number of hydrogen-bond acceptors (Lipinski definition) is 5. The fourth-order valence-corrected chi connectivity index (χ4v) is 3.73. The molecule has 0 spiro atoms. The monoisotopic (exact) mass is 414 g/mol. The maximum absolute atomic E-state index is 12.0. The molecule has 1 aromatic carbocycles. The van der Waals surface area contributed by atoms with Gasteiger partial charge in [-0.3, -0.25) is 14.7 Å². The summed E-state index contributed by atoms with van der Waals surface area (Å²) in [5.41, 5.74) is 2.50. The minimum absolute atomic E-state index is 0.0519. The van der Waals surface area contributed by atoms with E-state index in [9.17, 15) is 4.79 Å². The molecule has 0 radical (unpaired) electrons. The van der Waals surface area contributed by atoms with E-state index in [4.69, 9.17) is 4.74 Å². The molecular formula is C22H34N6O2. The molecule has 2 N–H and O–H groups in total. The molecular weight excluding hydrogens is 380 g/mol. The third-order valence-electron chi connectivity index (χ3n) is 5.42. The van der Waals surface area contributed by atoms with Crippen LogP contribution in [0.3, 0.4) is 0 Å². The number of carbonyl (C=O) groups excluding carboxylic acids is 1. The molecule has 1 fully saturated rings. The van der Waals surface area contributed by atoms with E-state index < -0.39 is 0 Å². The average Bonchev–Trinajstić information content (AvgIpc) is 3.31. The lowest BCUT2D eigenvalue weighted by Crippen LogP contribution is -2.54. The Morgan fingerprint density at radius 3 is 2.60 bits per heavy atom. The fourth-order valence-electron chi connectivity index (χ4n) is 3.73. The number of benzene rings is 1. The van der Waals surface area contributed by atoms with Gasteiger partial charge in [0, 0.05) is 72.2 Å². The topological polar surface area (TPSA) is 72.4 Å². The lowest BCUT2D eigenvalue weighted by Gasteiger charge is -2.36. The molecule has 0 aliphatic carbocycles. The van der Waals surface area contributed by atoms with Gasteiger partial charge >= 0.3 is 0 Å². The Kier molecular flexibility index (Phi) is 8.53. The highest BCUT2D eigenvalue weighted by molar-refractivity contribution is 5.80. The second kappa shape index (κ2) is 11.6. The van der Waals surface area contributed by atoms with Crippen molar-refractivity contribution >= 4 is 17.6 Å². The number of amides is 1. The quantitative estimate of drug-likeness (QED) is 0.280. The second-order valence-electron chi connectivity index (χ2n) is 7.55. The molecule has 0 saturated carbocycles. The van der Waals surface area contributed by atoms with Crippen LogP contribution >= 0.6 is 0 Å². The Bertz CT molecular complexity index is 735. The van der Waals surface area contributed by atoms with Crippen LogP contribution in [0, 0.1) is 0 Å². The molecule has 8 nitrogen and oxygen atoms in total. The molecule has 2 heterocycles. The minimum Gasteiger partial charge on any atom is -0.383 e. The van der Waals surface area contributed by atoms with E-state index in [2.05, 4.69) is 66.7 Å². The number of aliphatic imine (C=N–C) groups is 1. The second-order valence-corrected chi connectivity index (χ2v) is 7.55. The highest BCUT2D eigenvalue weighted by Gasteiger charge is 2.21. The van der Waals surface area contributed by atoms with Gasteiger partial charge in [-0.2, -0.15) is 0 Å². The van der Waals surface area contributed by atoms with E-state index >= 15 is 0 Å². The number of hydrogen-bond donors (Lipinski definition) is 2. The van der Waals surface area contributed by atoms with Crippen LogP contribution in [0.25, 0.3) is 0 Å². The largest absolute Gasteiger partial charge is 0.383 e. The van der Waals surface area contributed by atoms with Crippen molar-refractivity contribution < 1.29 is 9.53 Å². The Morgan fingerprint density at radius 2 is 1.90 bits per heavy atom. The van der Waals surface area contributed by atoms with Gasteiger partial charge in [-0.05, 0) is 17.7 Å². The van der Waals surface area contributed by atoms with Gasteiger partial charge in [0.1, 0.15) is 0 Å². The standard InChI is InChI=1S/C22H34N6O2/c1-23-22(25-17-19-6-5-7-20(16-19)27-9-3-4-10-27)28-13-11-26(12-14-28)18-21(29)24-8-15-30-2/h3-7,16H,8-15,17-18H2,1-2H3,(H,23,25)(H,24,29). The highest BCUT2D eigenvalue weighted by Crippen LogP contribution is 2.18. The van der Waals surface area contributed by atoms with Crippen molar-refractivity contribution in [1.82, 2.24) is 20.4 Å². The van der Waals surface area contributed by atoms with E-state index in [1.807, 2.05) is 7.05 Å². The summed E-state index contributed by atoms with van der Waals surface area (Å²) in [6.45, 7) is 7.62. The predicted molar refractivity (Wildman–Crippen MR) is 121 cm³/mol. The van der Waals surface area contributed by atoms with Gasteiger partial charge in [-0.15, -0.1) is 0 Å². The van der Waals surface area contributed by atoms with Gasteiger partial charge in [-0.25, -0.2) is 0 Å². The average molecular weight is 415 g/mol. The summed E-state index contributed by atoms with van der Waals surface area (Å²) in [5, 5.41) is 6.37. The van der Waals surface area contributed by atoms with E-state index in [0.717, 1.165) is 51.8 Å².